The second-order valence-corrected chi connectivity index (χ2v) is 7.13. The van der Waals surface area contributed by atoms with E-state index in [1.54, 1.807) is 0 Å². The first kappa shape index (κ1) is 11.3. The highest BCUT2D eigenvalue weighted by atomic mass is 35.5. The minimum atomic E-state index is -0.889. The van der Waals surface area contributed by atoms with Crippen molar-refractivity contribution >= 4 is 23.5 Å². The molecule has 5 heteroatoms. The Morgan fingerprint density at radius 2 is 1.41 bits per heavy atom. The van der Waals surface area contributed by atoms with E-state index in [0.29, 0.717) is 25.7 Å². The van der Waals surface area contributed by atoms with Crippen LogP contribution in [-0.4, -0.2) is 27.0 Å². The molecule has 2 unspecified atom stereocenters. The summed E-state index contributed by atoms with van der Waals surface area (Å²) in [5.41, 5.74) is -1.78. The van der Waals surface area contributed by atoms with Crippen LogP contribution in [0.15, 0.2) is 0 Å². The van der Waals surface area contributed by atoms with Gasteiger partial charge in [-0.15, -0.1) is 11.6 Å². The number of alkyl halides is 1. The highest BCUT2D eigenvalue weighted by Gasteiger charge is 2.68. The number of carbonyl (C=O) groups is 2. The van der Waals surface area contributed by atoms with E-state index in [1.807, 2.05) is 0 Å². The van der Waals surface area contributed by atoms with Gasteiger partial charge in [0.25, 0.3) is 0 Å². The lowest BCUT2D eigenvalue weighted by atomic mass is 9.44. The zero-order valence-corrected chi connectivity index (χ0v) is 10.2. The average Bonchev–Trinajstić information content (AvgIpc) is 2.12. The summed E-state index contributed by atoms with van der Waals surface area (Å²) in [4.78, 5) is 22.4. The van der Waals surface area contributed by atoms with Crippen LogP contribution in [0.5, 0.6) is 0 Å². The molecule has 94 valence electrons. The monoisotopic (exact) mass is 258 g/mol. The van der Waals surface area contributed by atoms with Crippen molar-refractivity contribution in [3.8, 4) is 0 Å². The van der Waals surface area contributed by atoms with Crippen LogP contribution in [0.25, 0.3) is 0 Å². The molecule has 0 saturated heterocycles. The Balaban J connectivity index is 2.09. The van der Waals surface area contributed by atoms with Crippen molar-refractivity contribution in [3.63, 3.8) is 0 Å². The predicted molar refractivity (Wildman–Crippen MR) is 59.9 cm³/mol. The number of carboxylic acids is 2. The van der Waals surface area contributed by atoms with Gasteiger partial charge in [-0.3, -0.25) is 9.59 Å². The Morgan fingerprint density at radius 3 is 1.76 bits per heavy atom. The Bertz CT molecular complexity index is 389. The van der Waals surface area contributed by atoms with E-state index in [-0.39, 0.29) is 12.3 Å². The second-order valence-electron chi connectivity index (χ2n) is 6.33. The number of hydrogen-bond donors (Lipinski definition) is 2. The third-order valence-corrected chi connectivity index (χ3v) is 5.33. The summed E-state index contributed by atoms with van der Waals surface area (Å²) >= 11 is 6.47. The largest absolute Gasteiger partial charge is 0.481 e. The van der Waals surface area contributed by atoms with Crippen LogP contribution in [0.4, 0.5) is 0 Å². The van der Waals surface area contributed by atoms with E-state index in [2.05, 4.69) is 0 Å². The Morgan fingerprint density at radius 1 is 0.941 bits per heavy atom. The Labute approximate surface area is 104 Å². The lowest BCUT2D eigenvalue weighted by molar-refractivity contribution is -0.184. The van der Waals surface area contributed by atoms with Crippen LogP contribution in [0.2, 0.25) is 0 Å². The molecule has 0 aromatic carbocycles. The van der Waals surface area contributed by atoms with Gasteiger partial charge in [0, 0.05) is 4.87 Å². The van der Waals surface area contributed by atoms with Gasteiger partial charge in [-0.25, -0.2) is 0 Å². The van der Waals surface area contributed by atoms with Crippen molar-refractivity contribution in [2.24, 2.45) is 16.7 Å². The summed E-state index contributed by atoms with van der Waals surface area (Å²) in [6.45, 7) is 0. The molecule has 4 rings (SSSR count). The van der Waals surface area contributed by atoms with E-state index in [0.717, 1.165) is 6.42 Å². The maximum Gasteiger partial charge on any atom is 0.309 e. The molecule has 0 heterocycles. The fourth-order valence-corrected chi connectivity index (χ4v) is 5.53. The summed E-state index contributed by atoms with van der Waals surface area (Å²) in [6.07, 6.45) is 3.11. The maximum absolute atomic E-state index is 11.5. The molecule has 0 amide bonds. The average molecular weight is 259 g/mol. The van der Waals surface area contributed by atoms with Crippen LogP contribution < -0.4 is 0 Å². The maximum atomic E-state index is 11.5. The first-order valence-electron chi connectivity index (χ1n) is 5.95. The van der Waals surface area contributed by atoms with E-state index in [4.69, 9.17) is 11.6 Å². The van der Waals surface area contributed by atoms with Crippen molar-refractivity contribution in [1.82, 2.24) is 0 Å². The fourth-order valence-electron chi connectivity index (χ4n) is 4.80. The molecular weight excluding hydrogens is 244 g/mol. The molecule has 0 aromatic heterocycles. The number of halogens is 1. The molecule has 17 heavy (non-hydrogen) atoms. The van der Waals surface area contributed by atoms with Gasteiger partial charge in [-0.1, -0.05) is 0 Å². The lowest BCUT2D eigenvalue weighted by Crippen LogP contribution is -2.62. The standard InChI is InChI=1S/C12H15ClO4/c13-12-3-7-1-10(5-12,8(14)15)4-11(2-7,6-12)9(16)17/h7H,1-6H2,(H,14,15)(H,16,17). The molecule has 4 fully saturated rings. The molecule has 4 nitrogen and oxygen atoms in total. The van der Waals surface area contributed by atoms with Gasteiger partial charge in [0.15, 0.2) is 0 Å². The number of rotatable bonds is 2. The molecule has 4 saturated carbocycles. The normalized spacial score (nSPS) is 51.5. The van der Waals surface area contributed by atoms with Crippen molar-refractivity contribution in [2.45, 2.75) is 43.4 Å². The van der Waals surface area contributed by atoms with Gasteiger partial charge in [-0.2, -0.15) is 0 Å². The zero-order chi connectivity index (χ0) is 12.5. The van der Waals surface area contributed by atoms with Crippen LogP contribution in [0, 0.1) is 16.7 Å². The summed E-state index contributed by atoms with van der Waals surface area (Å²) < 4.78 is 0. The predicted octanol–water partition coefficient (Wildman–Crippen LogP) is 2.10. The first-order chi connectivity index (χ1) is 7.79. The summed E-state index contributed by atoms with van der Waals surface area (Å²) in [5, 5.41) is 18.9. The molecule has 4 bridgehead atoms. The van der Waals surface area contributed by atoms with E-state index < -0.39 is 27.6 Å². The topological polar surface area (TPSA) is 74.6 Å². The summed E-state index contributed by atoms with van der Waals surface area (Å²) in [5.74, 6) is -1.56. The molecule has 0 aromatic rings. The Kier molecular flexibility index (Phi) is 1.98. The SMILES string of the molecule is O=C(O)C12CC3CC(Cl)(C1)CC(C(=O)O)(C3)C2. The zero-order valence-electron chi connectivity index (χ0n) is 9.41. The molecule has 0 radical (unpaired) electrons. The lowest BCUT2D eigenvalue weighted by Gasteiger charge is -2.61. The molecule has 4 aliphatic carbocycles. The molecule has 2 N–H and O–H groups in total. The highest BCUT2D eigenvalue weighted by molar-refractivity contribution is 6.24. The third-order valence-electron chi connectivity index (χ3n) is 4.91. The third kappa shape index (κ3) is 1.36. The molecular formula is C12H15ClO4. The van der Waals surface area contributed by atoms with Gasteiger partial charge in [0.1, 0.15) is 0 Å². The molecule has 2 atom stereocenters. The van der Waals surface area contributed by atoms with Crippen molar-refractivity contribution in [3.05, 3.63) is 0 Å². The number of hydrogen-bond acceptors (Lipinski definition) is 2. The van der Waals surface area contributed by atoms with Crippen LogP contribution in [0.1, 0.15) is 38.5 Å². The van der Waals surface area contributed by atoms with Crippen LogP contribution >= 0.6 is 11.6 Å². The smallest absolute Gasteiger partial charge is 0.309 e. The van der Waals surface area contributed by atoms with Gasteiger partial charge < -0.3 is 10.2 Å². The Hall–Kier alpha value is -0.770. The van der Waals surface area contributed by atoms with Gasteiger partial charge in [0.2, 0.25) is 0 Å². The minimum absolute atomic E-state index is 0.163. The molecule has 0 aliphatic heterocycles. The number of aliphatic carboxylic acids is 2. The summed E-state index contributed by atoms with van der Waals surface area (Å²) in [6, 6.07) is 0. The first-order valence-corrected chi connectivity index (χ1v) is 6.33. The van der Waals surface area contributed by atoms with Crippen molar-refractivity contribution in [1.29, 1.82) is 0 Å². The molecule has 4 aliphatic rings. The van der Waals surface area contributed by atoms with E-state index in [9.17, 15) is 19.8 Å². The van der Waals surface area contributed by atoms with Crippen molar-refractivity contribution in [2.75, 3.05) is 0 Å². The fraction of sp³-hybridized carbons (Fsp3) is 0.833. The van der Waals surface area contributed by atoms with Gasteiger partial charge >= 0.3 is 11.9 Å². The van der Waals surface area contributed by atoms with Gasteiger partial charge in [-0.05, 0) is 44.4 Å². The highest BCUT2D eigenvalue weighted by Crippen LogP contribution is 2.68. The van der Waals surface area contributed by atoms with Gasteiger partial charge in [0.05, 0.1) is 10.8 Å². The molecule has 0 spiro atoms. The quantitative estimate of drug-likeness (QED) is 0.744. The van der Waals surface area contributed by atoms with Crippen molar-refractivity contribution < 1.29 is 19.8 Å². The number of carboxylic acid groups (broad SMARTS) is 2. The summed E-state index contributed by atoms with van der Waals surface area (Å²) in [7, 11) is 0. The van der Waals surface area contributed by atoms with E-state index >= 15 is 0 Å². The van der Waals surface area contributed by atoms with Crippen LogP contribution in [-0.2, 0) is 9.59 Å². The van der Waals surface area contributed by atoms with Crippen LogP contribution in [0.3, 0.4) is 0 Å². The second kappa shape index (κ2) is 2.97. The minimum Gasteiger partial charge on any atom is -0.481 e. The van der Waals surface area contributed by atoms with E-state index in [1.165, 1.54) is 0 Å².